The summed E-state index contributed by atoms with van der Waals surface area (Å²) < 4.78 is 27.9. The molecule has 1 rings (SSSR count). The lowest BCUT2D eigenvalue weighted by molar-refractivity contribution is 0.340. The van der Waals surface area contributed by atoms with Crippen molar-refractivity contribution in [2.45, 2.75) is 19.9 Å². The molecule has 0 saturated carbocycles. The van der Waals surface area contributed by atoms with Crippen molar-refractivity contribution in [3.8, 4) is 5.75 Å². The maximum atomic E-state index is 11.3. The van der Waals surface area contributed by atoms with E-state index in [0.717, 1.165) is 5.56 Å². The summed E-state index contributed by atoms with van der Waals surface area (Å²) in [5.41, 5.74) is 6.72. The van der Waals surface area contributed by atoms with Crippen LogP contribution in [0.2, 0.25) is 0 Å². The molecule has 0 aliphatic carbocycles. The van der Waals surface area contributed by atoms with Gasteiger partial charge in [0.15, 0.2) is 9.84 Å². The summed E-state index contributed by atoms with van der Waals surface area (Å²) in [6.45, 7) is 3.70. The molecule has 4 nitrogen and oxygen atoms in total. The van der Waals surface area contributed by atoms with Gasteiger partial charge in [-0.25, -0.2) is 8.42 Å². The highest BCUT2D eigenvalue weighted by atomic mass is 32.2. The van der Waals surface area contributed by atoms with Gasteiger partial charge in [-0.2, -0.15) is 0 Å². The summed E-state index contributed by atoms with van der Waals surface area (Å²) in [7, 11) is -2.97. The normalized spacial score (nSPS) is 13.4. The van der Waals surface area contributed by atoms with Crippen molar-refractivity contribution in [3.63, 3.8) is 0 Å². The summed E-state index contributed by atoms with van der Waals surface area (Å²) in [4.78, 5) is 0. The van der Waals surface area contributed by atoms with Gasteiger partial charge in [0.2, 0.25) is 0 Å². The minimum absolute atomic E-state index is 0.0475. The van der Waals surface area contributed by atoms with Crippen LogP contribution in [0.25, 0.3) is 0 Å². The Labute approximate surface area is 103 Å². The highest BCUT2D eigenvalue weighted by molar-refractivity contribution is 7.91. The van der Waals surface area contributed by atoms with E-state index < -0.39 is 9.84 Å². The van der Waals surface area contributed by atoms with Crippen LogP contribution in [0.3, 0.4) is 0 Å². The van der Waals surface area contributed by atoms with Crippen LogP contribution in [0.15, 0.2) is 24.3 Å². The zero-order chi connectivity index (χ0) is 12.9. The Bertz CT molecular complexity index is 455. The third-order valence-corrected chi connectivity index (χ3v) is 4.16. The van der Waals surface area contributed by atoms with Gasteiger partial charge in [-0.05, 0) is 24.6 Å². The number of sulfone groups is 1. The summed E-state index contributed by atoms with van der Waals surface area (Å²) >= 11 is 0. The summed E-state index contributed by atoms with van der Waals surface area (Å²) in [5.74, 6) is 0.855. The van der Waals surface area contributed by atoms with Crippen LogP contribution in [0, 0.1) is 0 Å². The van der Waals surface area contributed by atoms with Gasteiger partial charge >= 0.3 is 0 Å². The molecule has 17 heavy (non-hydrogen) atoms. The third kappa shape index (κ3) is 4.75. The van der Waals surface area contributed by atoms with Gasteiger partial charge in [-0.1, -0.05) is 19.1 Å². The fraction of sp³-hybridized carbons (Fsp3) is 0.500. The Balaban J connectivity index is 2.55. The molecule has 0 bridgehead atoms. The molecule has 0 saturated heterocycles. The molecule has 0 heterocycles. The topological polar surface area (TPSA) is 69.4 Å². The number of benzene rings is 1. The Kier molecular flexibility index (Phi) is 4.96. The van der Waals surface area contributed by atoms with E-state index in [1.807, 2.05) is 25.1 Å². The van der Waals surface area contributed by atoms with Crippen molar-refractivity contribution in [1.82, 2.24) is 0 Å². The van der Waals surface area contributed by atoms with Crippen LogP contribution in [0.1, 0.15) is 25.5 Å². The average molecular weight is 257 g/mol. The Morgan fingerprint density at radius 3 is 2.71 bits per heavy atom. The van der Waals surface area contributed by atoms with Crippen molar-refractivity contribution in [2.24, 2.45) is 5.73 Å². The van der Waals surface area contributed by atoms with Crippen LogP contribution in [0.5, 0.6) is 5.75 Å². The van der Waals surface area contributed by atoms with E-state index in [9.17, 15) is 8.42 Å². The standard InChI is InChI=1S/C12H19NO3S/c1-3-17(14,15)8-7-16-12-6-4-5-11(9-12)10(2)13/h4-6,9-10H,3,7-8,13H2,1-2H3. The lowest BCUT2D eigenvalue weighted by Crippen LogP contribution is -2.15. The van der Waals surface area contributed by atoms with Crippen molar-refractivity contribution in [3.05, 3.63) is 29.8 Å². The van der Waals surface area contributed by atoms with Crippen LogP contribution < -0.4 is 10.5 Å². The van der Waals surface area contributed by atoms with Gasteiger partial charge < -0.3 is 10.5 Å². The van der Waals surface area contributed by atoms with Crippen molar-refractivity contribution < 1.29 is 13.2 Å². The number of hydrogen-bond acceptors (Lipinski definition) is 4. The highest BCUT2D eigenvalue weighted by Crippen LogP contribution is 2.17. The second-order valence-electron chi connectivity index (χ2n) is 3.95. The molecule has 0 radical (unpaired) electrons. The first-order valence-corrected chi connectivity index (χ1v) is 7.45. The first-order chi connectivity index (χ1) is 7.94. The van der Waals surface area contributed by atoms with Crippen molar-refractivity contribution in [1.29, 1.82) is 0 Å². The Morgan fingerprint density at radius 2 is 2.12 bits per heavy atom. The molecule has 96 valence electrons. The Hall–Kier alpha value is -1.07. The van der Waals surface area contributed by atoms with Crippen molar-refractivity contribution in [2.75, 3.05) is 18.1 Å². The zero-order valence-corrected chi connectivity index (χ0v) is 11.0. The van der Waals surface area contributed by atoms with E-state index >= 15 is 0 Å². The smallest absolute Gasteiger partial charge is 0.153 e. The molecule has 1 unspecified atom stereocenters. The number of rotatable bonds is 6. The molecule has 2 N–H and O–H groups in total. The highest BCUT2D eigenvalue weighted by Gasteiger charge is 2.07. The number of ether oxygens (including phenoxy) is 1. The fourth-order valence-corrected chi connectivity index (χ4v) is 1.94. The lowest BCUT2D eigenvalue weighted by atomic mass is 10.1. The molecule has 0 aromatic heterocycles. The van der Waals surface area contributed by atoms with E-state index in [4.69, 9.17) is 10.5 Å². The third-order valence-electron chi connectivity index (χ3n) is 2.49. The van der Waals surface area contributed by atoms with Crippen LogP contribution in [-0.4, -0.2) is 26.5 Å². The molecule has 0 amide bonds. The summed E-state index contributed by atoms with van der Waals surface area (Å²) in [6.07, 6.45) is 0. The molecule has 0 aliphatic rings. The van der Waals surface area contributed by atoms with E-state index in [1.54, 1.807) is 13.0 Å². The van der Waals surface area contributed by atoms with Crippen LogP contribution in [0.4, 0.5) is 0 Å². The van der Waals surface area contributed by atoms with Gasteiger partial charge in [0.25, 0.3) is 0 Å². The number of hydrogen-bond donors (Lipinski definition) is 1. The summed E-state index contributed by atoms with van der Waals surface area (Å²) in [6, 6.07) is 7.34. The molecular weight excluding hydrogens is 238 g/mol. The molecule has 1 aromatic carbocycles. The van der Waals surface area contributed by atoms with Crippen molar-refractivity contribution >= 4 is 9.84 Å². The second-order valence-corrected chi connectivity index (χ2v) is 6.42. The second kappa shape index (κ2) is 6.02. The van der Waals surface area contributed by atoms with Gasteiger partial charge in [-0.3, -0.25) is 0 Å². The molecule has 5 heteroatoms. The largest absolute Gasteiger partial charge is 0.493 e. The van der Waals surface area contributed by atoms with Gasteiger partial charge in [-0.15, -0.1) is 0 Å². The van der Waals surface area contributed by atoms with Crippen LogP contribution >= 0.6 is 0 Å². The van der Waals surface area contributed by atoms with Gasteiger partial charge in [0.1, 0.15) is 12.4 Å². The zero-order valence-electron chi connectivity index (χ0n) is 10.2. The lowest BCUT2D eigenvalue weighted by Gasteiger charge is -2.09. The average Bonchev–Trinajstić information content (AvgIpc) is 2.29. The first-order valence-electron chi connectivity index (χ1n) is 5.63. The minimum atomic E-state index is -2.97. The van der Waals surface area contributed by atoms with E-state index in [-0.39, 0.29) is 24.2 Å². The van der Waals surface area contributed by atoms with Gasteiger partial charge in [0.05, 0.1) is 5.75 Å². The molecule has 0 aliphatic heterocycles. The number of nitrogens with two attached hydrogens (primary N) is 1. The molecule has 0 spiro atoms. The van der Waals surface area contributed by atoms with E-state index in [1.165, 1.54) is 0 Å². The predicted octanol–water partition coefficient (Wildman–Crippen LogP) is 1.52. The van der Waals surface area contributed by atoms with E-state index in [0.29, 0.717) is 5.75 Å². The van der Waals surface area contributed by atoms with Crippen LogP contribution in [-0.2, 0) is 9.84 Å². The molecule has 0 fully saturated rings. The molecular formula is C12H19NO3S. The summed E-state index contributed by atoms with van der Waals surface area (Å²) in [5, 5.41) is 0. The quantitative estimate of drug-likeness (QED) is 0.839. The van der Waals surface area contributed by atoms with E-state index in [2.05, 4.69) is 0 Å². The Morgan fingerprint density at radius 1 is 1.41 bits per heavy atom. The maximum absolute atomic E-state index is 11.3. The molecule has 1 aromatic rings. The monoisotopic (exact) mass is 257 g/mol. The predicted molar refractivity (Wildman–Crippen MR) is 68.9 cm³/mol. The maximum Gasteiger partial charge on any atom is 0.153 e. The minimum Gasteiger partial charge on any atom is -0.493 e. The van der Waals surface area contributed by atoms with Gasteiger partial charge in [0, 0.05) is 11.8 Å². The SMILES string of the molecule is CCS(=O)(=O)CCOc1cccc(C(C)N)c1. The molecule has 1 atom stereocenters. The fourth-order valence-electron chi connectivity index (χ4n) is 1.32. The first kappa shape index (κ1) is 14.0.